The third-order valence-electron chi connectivity index (χ3n) is 4.94. The molecule has 7 heteroatoms. The van der Waals surface area contributed by atoms with Crippen LogP contribution in [0.15, 0.2) is 59.5 Å². The first-order valence-corrected chi connectivity index (χ1v) is 10.5. The fraction of sp³-hybridized carbons (Fsp3) is 0.350. The van der Waals surface area contributed by atoms with Gasteiger partial charge < -0.3 is 10.2 Å². The Kier molecular flexibility index (Phi) is 5.94. The average Bonchev–Trinajstić information content (AvgIpc) is 2.65. The Balaban J connectivity index is 1.78. The molecule has 0 aromatic heterocycles. The van der Waals surface area contributed by atoms with E-state index < -0.39 is 27.8 Å². The zero-order valence-corrected chi connectivity index (χ0v) is 15.7. The molecule has 0 saturated carbocycles. The summed E-state index contributed by atoms with van der Waals surface area (Å²) in [5.74, 6) is -1.93. The second-order valence-electron chi connectivity index (χ2n) is 6.88. The van der Waals surface area contributed by atoms with Gasteiger partial charge in [0.05, 0.1) is 22.7 Å². The molecule has 0 aliphatic carbocycles. The van der Waals surface area contributed by atoms with E-state index in [4.69, 9.17) is 0 Å². The van der Waals surface area contributed by atoms with Crippen molar-refractivity contribution in [2.75, 3.05) is 13.1 Å². The third kappa shape index (κ3) is 4.74. The third-order valence-corrected chi connectivity index (χ3v) is 6.62. The van der Waals surface area contributed by atoms with Crippen molar-refractivity contribution < 1.29 is 23.4 Å². The predicted molar refractivity (Wildman–Crippen MR) is 101 cm³/mol. The summed E-state index contributed by atoms with van der Waals surface area (Å²) in [6.45, 7) is 1.28. The maximum absolute atomic E-state index is 12.7. The quantitative estimate of drug-likeness (QED) is 0.784. The van der Waals surface area contributed by atoms with Gasteiger partial charge in [-0.15, -0.1) is 0 Å². The van der Waals surface area contributed by atoms with Gasteiger partial charge in [0, 0.05) is 19.6 Å². The molecule has 144 valence electrons. The van der Waals surface area contributed by atoms with Crippen molar-refractivity contribution in [2.45, 2.75) is 29.7 Å². The standard InChI is InChI=1S/C20H23NO5S/c22-19-10-11-21(13-18(19)20(23)24)12-15-6-4-5-7-16(15)14-27(25,26)17-8-2-1-3-9-17/h1-9,18-19,22H,10-14H2,(H,23,24)/t18-,19-/m1/s1. The zero-order chi connectivity index (χ0) is 19.4. The van der Waals surface area contributed by atoms with Crippen LogP contribution < -0.4 is 0 Å². The topological polar surface area (TPSA) is 94.9 Å². The summed E-state index contributed by atoms with van der Waals surface area (Å²) in [5, 5.41) is 19.1. The van der Waals surface area contributed by atoms with Crippen LogP contribution in [0.4, 0.5) is 0 Å². The highest BCUT2D eigenvalue weighted by atomic mass is 32.2. The fourth-order valence-corrected chi connectivity index (χ4v) is 4.83. The minimum atomic E-state index is -3.46. The molecule has 27 heavy (non-hydrogen) atoms. The van der Waals surface area contributed by atoms with E-state index in [9.17, 15) is 23.4 Å². The van der Waals surface area contributed by atoms with Crippen LogP contribution in [-0.4, -0.2) is 48.7 Å². The lowest BCUT2D eigenvalue weighted by Gasteiger charge is -2.34. The molecule has 2 atom stereocenters. The van der Waals surface area contributed by atoms with Gasteiger partial charge >= 0.3 is 5.97 Å². The van der Waals surface area contributed by atoms with Gasteiger partial charge in [-0.1, -0.05) is 42.5 Å². The summed E-state index contributed by atoms with van der Waals surface area (Å²) in [5.41, 5.74) is 1.57. The first kappa shape index (κ1) is 19.5. The molecule has 2 aromatic rings. The lowest BCUT2D eigenvalue weighted by atomic mass is 9.94. The van der Waals surface area contributed by atoms with Crippen LogP contribution in [0.2, 0.25) is 0 Å². The smallest absolute Gasteiger partial charge is 0.310 e. The van der Waals surface area contributed by atoms with Crippen molar-refractivity contribution in [3.63, 3.8) is 0 Å². The average molecular weight is 389 g/mol. The van der Waals surface area contributed by atoms with Crippen LogP contribution >= 0.6 is 0 Å². The van der Waals surface area contributed by atoms with Gasteiger partial charge in [0.15, 0.2) is 9.84 Å². The highest BCUT2D eigenvalue weighted by Gasteiger charge is 2.33. The monoisotopic (exact) mass is 389 g/mol. The highest BCUT2D eigenvalue weighted by Crippen LogP contribution is 2.23. The van der Waals surface area contributed by atoms with Gasteiger partial charge in [0.2, 0.25) is 0 Å². The van der Waals surface area contributed by atoms with Crippen LogP contribution in [-0.2, 0) is 26.9 Å². The fourth-order valence-electron chi connectivity index (χ4n) is 3.40. The number of carbonyl (C=O) groups is 1. The van der Waals surface area contributed by atoms with Gasteiger partial charge in [0.25, 0.3) is 0 Å². The van der Waals surface area contributed by atoms with E-state index in [1.165, 1.54) is 0 Å². The molecular weight excluding hydrogens is 366 g/mol. The number of sulfone groups is 1. The van der Waals surface area contributed by atoms with Gasteiger partial charge in [0.1, 0.15) is 0 Å². The number of aliphatic hydroxyl groups excluding tert-OH is 1. The number of carboxylic acids is 1. The second-order valence-corrected chi connectivity index (χ2v) is 8.87. The van der Waals surface area contributed by atoms with Gasteiger partial charge in [-0.2, -0.15) is 0 Å². The zero-order valence-electron chi connectivity index (χ0n) is 14.9. The SMILES string of the molecule is O=C(O)[C@@H]1CN(Cc2ccccc2CS(=O)(=O)c2ccccc2)CC[C@H]1O. The first-order valence-electron chi connectivity index (χ1n) is 8.84. The Hall–Kier alpha value is -2.22. The molecule has 1 saturated heterocycles. The molecule has 1 heterocycles. The summed E-state index contributed by atoms with van der Waals surface area (Å²) in [4.78, 5) is 13.6. The van der Waals surface area contributed by atoms with E-state index in [0.29, 0.717) is 25.1 Å². The lowest BCUT2D eigenvalue weighted by Crippen LogP contribution is -2.46. The molecule has 1 aliphatic heterocycles. The Morgan fingerprint density at radius 1 is 1.04 bits per heavy atom. The number of hydrogen-bond donors (Lipinski definition) is 2. The van der Waals surface area contributed by atoms with Crippen LogP contribution in [0.3, 0.4) is 0 Å². The number of rotatable bonds is 6. The van der Waals surface area contributed by atoms with E-state index in [1.807, 2.05) is 17.0 Å². The molecule has 0 unspecified atom stereocenters. The van der Waals surface area contributed by atoms with Crippen LogP contribution in [0.5, 0.6) is 0 Å². The molecule has 6 nitrogen and oxygen atoms in total. The molecule has 1 aliphatic rings. The van der Waals surface area contributed by atoms with E-state index in [2.05, 4.69) is 0 Å². The molecule has 2 N–H and O–H groups in total. The Labute approximate surface area is 159 Å². The molecular formula is C20H23NO5S. The summed E-state index contributed by atoms with van der Waals surface area (Å²) in [7, 11) is -3.46. The molecule has 0 spiro atoms. The van der Waals surface area contributed by atoms with Crippen molar-refractivity contribution in [3.8, 4) is 0 Å². The highest BCUT2D eigenvalue weighted by molar-refractivity contribution is 7.90. The number of carboxylic acid groups (broad SMARTS) is 1. The maximum atomic E-state index is 12.7. The molecule has 3 rings (SSSR count). The molecule has 0 amide bonds. The van der Waals surface area contributed by atoms with Crippen molar-refractivity contribution in [3.05, 3.63) is 65.7 Å². The molecule has 2 aromatic carbocycles. The summed E-state index contributed by atoms with van der Waals surface area (Å²) in [6, 6.07) is 15.7. The van der Waals surface area contributed by atoms with E-state index >= 15 is 0 Å². The predicted octanol–water partition coefficient (Wildman–Crippen LogP) is 1.93. The Bertz CT molecular complexity index is 898. The van der Waals surface area contributed by atoms with Gasteiger partial charge in [-0.25, -0.2) is 8.42 Å². The van der Waals surface area contributed by atoms with E-state index in [0.717, 1.165) is 5.56 Å². The minimum absolute atomic E-state index is 0.105. The maximum Gasteiger partial charge on any atom is 0.310 e. The number of likely N-dealkylation sites (tertiary alicyclic amines) is 1. The summed E-state index contributed by atoms with van der Waals surface area (Å²) >= 11 is 0. The summed E-state index contributed by atoms with van der Waals surface area (Å²) < 4.78 is 25.4. The van der Waals surface area contributed by atoms with Gasteiger partial charge in [-0.05, 0) is 29.7 Å². The Morgan fingerprint density at radius 3 is 2.33 bits per heavy atom. The first-order chi connectivity index (χ1) is 12.9. The number of aliphatic carboxylic acids is 1. The Morgan fingerprint density at radius 2 is 1.67 bits per heavy atom. The number of aliphatic hydroxyl groups is 1. The normalized spacial score (nSPS) is 21.1. The van der Waals surface area contributed by atoms with Crippen molar-refractivity contribution in [2.24, 2.45) is 5.92 Å². The molecule has 0 bridgehead atoms. The van der Waals surface area contributed by atoms with Crippen molar-refractivity contribution in [1.82, 2.24) is 4.90 Å². The van der Waals surface area contributed by atoms with Crippen LogP contribution in [0.1, 0.15) is 17.5 Å². The van der Waals surface area contributed by atoms with Gasteiger partial charge in [-0.3, -0.25) is 9.69 Å². The second kappa shape index (κ2) is 8.21. The van der Waals surface area contributed by atoms with Crippen LogP contribution in [0.25, 0.3) is 0 Å². The number of piperidine rings is 1. The minimum Gasteiger partial charge on any atom is -0.481 e. The largest absolute Gasteiger partial charge is 0.481 e. The van der Waals surface area contributed by atoms with Crippen molar-refractivity contribution >= 4 is 15.8 Å². The van der Waals surface area contributed by atoms with Crippen molar-refractivity contribution in [1.29, 1.82) is 0 Å². The molecule has 1 fully saturated rings. The lowest BCUT2D eigenvalue weighted by molar-refractivity contribution is -0.149. The van der Waals surface area contributed by atoms with E-state index in [1.54, 1.807) is 42.5 Å². The number of hydrogen-bond acceptors (Lipinski definition) is 5. The molecule has 0 radical (unpaired) electrons. The van der Waals surface area contributed by atoms with E-state index in [-0.39, 0.29) is 17.2 Å². The summed E-state index contributed by atoms with van der Waals surface area (Å²) in [6.07, 6.45) is -0.450. The number of nitrogens with zero attached hydrogens (tertiary/aromatic N) is 1. The number of benzene rings is 2. The van der Waals surface area contributed by atoms with Crippen LogP contribution in [0, 0.1) is 5.92 Å².